The summed E-state index contributed by atoms with van der Waals surface area (Å²) >= 11 is 0. The second-order valence-corrected chi connectivity index (χ2v) is 4.83. The molecular formula is C12H24NO. The standard InChI is InChI=1S/C12H24NO/c1-6-8-9-11(14)13-10(7-2)12(3,4)5/h9-10H,6-8H2,1-5H3,(H,13,14). The van der Waals surface area contributed by atoms with Gasteiger partial charge in [-0.1, -0.05) is 41.0 Å². The first-order valence-electron chi connectivity index (χ1n) is 5.55. The van der Waals surface area contributed by atoms with Crippen LogP contribution in [0.5, 0.6) is 0 Å². The van der Waals surface area contributed by atoms with E-state index in [1.54, 1.807) is 6.42 Å². The van der Waals surface area contributed by atoms with E-state index in [2.05, 4.69) is 39.9 Å². The van der Waals surface area contributed by atoms with E-state index in [4.69, 9.17) is 0 Å². The van der Waals surface area contributed by atoms with Crippen molar-refractivity contribution in [2.24, 2.45) is 5.41 Å². The summed E-state index contributed by atoms with van der Waals surface area (Å²) in [6.07, 6.45) is 4.62. The van der Waals surface area contributed by atoms with Gasteiger partial charge in [-0.2, -0.15) is 0 Å². The van der Waals surface area contributed by atoms with E-state index in [1.165, 1.54) is 0 Å². The molecule has 0 aromatic rings. The topological polar surface area (TPSA) is 29.1 Å². The summed E-state index contributed by atoms with van der Waals surface area (Å²) in [6.45, 7) is 10.6. The average Bonchev–Trinajstić information content (AvgIpc) is 2.08. The predicted octanol–water partition coefficient (Wildman–Crippen LogP) is 2.93. The Morgan fingerprint density at radius 1 is 1.36 bits per heavy atom. The van der Waals surface area contributed by atoms with Crippen molar-refractivity contribution in [3.8, 4) is 0 Å². The summed E-state index contributed by atoms with van der Waals surface area (Å²) in [5.41, 5.74) is 0.143. The molecule has 0 aliphatic rings. The highest BCUT2D eigenvalue weighted by atomic mass is 16.1. The number of amides is 1. The monoisotopic (exact) mass is 198 g/mol. The molecule has 0 fully saturated rings. The molecule has 0 saturated carbocycles. The molecule has 1 N–H and O–H groups in total. The minimum Gasteiger partial charge on any atom is -0.353 e. The normalized spacial score (nSPS) is 13.8. The fourth-order valence-electron chi connectivity index (χ4n) is 1.44. The second-order valence-electron chi connectivity index (χ2n) is 4.83. The van der Waals surface area contributed by atoms with Gasteiger partial charge in [-0.05, 0) is 18.3 Å². The van der Waals surface area contributed by atoms with Crippen LogP contribution in [0.2, 0.25) is 0 Å². The zero-order valence-electron chi connectivity index (χ0n) is 10.2. The summed E-state index contributed by atoms with van der Waals surface area (Å²) in [6, 6.07) is 0.267. The van der Waals surface area contributed by atoms with Crippen molar-refractivity contribution in [3.05, 3.63) is 6.42 Å². The molecule has 83 valence electrons. The lowest BCUT2D eigenvalue weighted by Gasteiger charge is -2.30. The zero-order chi connectivity index (χ0) is 11.2. The number of carbonyl (C=O) groups excluding carboxylic acids is 1. The summed E-state index contributed by atoms with van der Waals surface area (Å²) in [5.74, 6) is 0.0774. The quantitative estimate of drug-likeness (QED) is 0.723. The Bertz CT molecular complexity index is 170. The minimum absolute atomic E-state index is 0.0774. The van der Waals surface area contributed by atoms with Crippen LogP contribution in [0.3, 0.4) is 0 Å². The van der Waals surface area contributed by atoms with Crippen LogP contribution >= 0.6 is 0 Å². The van der Waals surface area contributed by atoms with Gasteiger partial charge in [0.05, 0.1) is 0 Å². The maximum absolute atomic E-state index is 11.5. The molecule has 14 heavy (non-hydrogen) atoms. The van der Waals surface area contributed by atoms with Crippen LogP contribution in [0.4, 0.5) is 0 Å². The maximum Gasteiger partial charge on any atom is 0.224 e. The molecule has 2 nitrogen and oxygen atoms in total. The molecule has 0 aliphatic heterocycles. The fraction of sp³-hybridized carbons (Fsp3) is 0.833. The van der Waals surface area contributed by atoms with E-state index >= 15 is 0 Å². The smallest absolute Gasteiger partial charge is 0.224 e. The highest BCUT2D eigenvalue weighted by Gasteiger charge is 2.23. The first-order valence-corrected chi connectivity index (χ1v) is 5.55. The lowest BCUT2D eigenvalue weighted by Crippen LogP contribution is -2.43. The highest BCUT2D eigenvalue weighted by Crippen LogP contribution is 2.21. The number of rotatable bonds is 5. The van der Waals surface area contributed by atoms with Gasteiger partial charge in [-0.15, -0.1) is 0 Å². The number of hydrogen-bond acceptors (Lipinski definition) is 1. The van der Waals surface area contributed by atoms with Crippen LogP contribution in [0.25, 0.3) is 0 Å². The molecule has 0 aromatic heterocycles. The Morgan fingerprint density at radius 2 is 1.93 bits per heavy atom. The van der Waals surface area contributed by atoms with Crippen molar-refractivity contribution in [3.63, 3.8) is 0 Å². The largest absolute Gasteiger partial charge is 0.353 e. The Labute approximate surface area is 88.5 Å². The molecule has 2 heteroatoms. The number of carbonyl (C=O) groups is 1. The lowest BCUT2D eigenvalue weighted by molar-refractivity contribution is -0.119. The Hall–Kier alpha value is -0.530. The first kappa shape index (κ1) is 13.5. The van der Waals surface area contributed by atoms with Crippen LogP contribution in [0.15, 0.2) is 0 Å². The van der Waals surface area contributed by atoms with Gasteiger partial charge >= 0.3 is 0 Å². The summed E-state index contributed by atoms with van der Waals surface area (Å²) < 4.78 is 0. The lowest BCUT2D eigenvalue weighted by atomic mass is 9.85. The molecule has 0 rings (SSSR count). The second kappa shape index (κ2) is 6.05. The van der Waals surface area contributed by atoms with E-state index in [-0.39, 0.29) is 17.4 Å². The third kappa shape index (κ3) is 5.25. The van der Waals surface area contributed by atoms with Crippen molar-refractivity contribution >= 4 is 5.91 Å². The molecule has 1 radical (unpaired) electrons. The fourth-order valence-corrected chi connectivity index (χ4v) is 1.44. The maximum atomic E-state index is 11.5. The summed E-state index contributed by atoms with van der Waals surface area (Å²) in [4.78, 5) is 11.5. The van der Waals surface area contributed by atoms with E-state index in [1.807, 2.05) is 0 Å². The van der Waals surface area contributed by atoms with Gasteiger partial charge in [0.15, 0.2) is 0 Å². The number of unbranched alkanes of at least 4 members (excludes halogenated alkanes) is 1. The van der Waals surface area contributed by atoms with E-state index in [0.717, 1.165) is 19.3 Å². The average molecular weight is 198 g/mol. The Balaban J connectivity index is 4.00. The third-order valence-corrected chi connectivity index (χ3v) is 2.39. The van der Waals surface area contributed by atoms with Crippen molar-refractivity contribution in [1.29, 1.82) is 0 Å². The van der Waals surface area contributed by atoms with Gasteiger partial charge < -0.3 is 5.32 Å². The Morgan fingerprint density at radius 3 is 2.29 bits per heavy atom. The summed E-state index contributed by atoms with van der Waals surface area (Å²) in [7, 11) is 0. The predicted molar refractivity (Wildman–Crippen MR) is 60.9 cm³/mol. The van der Waals surface area contributed by atoms with Gasteiger partial charge in [-0.25, -0.2) is 0 Å². The molecule has 0 heterocycles. The van der Waals surface area contributed by atoms with Gasteiger partial charge in [-0.3, -0.25) is 4.79 Å². The minimum atomic E-state index is 0.0774. The van der Waals surface area contributed by atoms with Gasteiger partial charge in [0.2, 0.25) is 5.91 Å². The van der Waals surface area contributed by atoms with Crippen molar-refractivity contribution in [2.75, 3.05) is 0 Å². The molecule has 0 spiro atoms. The van der Waals surface area contributed by atoms with Crippen LogP contribution in [-0.4, -0.2) is 11.9 Å². The van der Waals surface area contributed by atoms with E-state index in [9.17, 15) is 4.79 Å². The van der Waals surface area contributed by atoms with Crippen molar-refractivity contribution in [1.82, 2.24) is 5.32 Å². The van der Waals surface area contributed by atoms with E-state index < -0.39 is 0 Å². The van der Waals surface area contributed by atoms with E-state index in [0.29, 0.717) is 0 Å². The van der Waals surface area contributed by atoms with Crippen molar-refractivity contribution < 1.29 is 4.79 Å². The highest BCUT2D eigenvalue weighted by molar-refractivity contribution is 5.84. The molecular weight excluding hydrogens is 174 g/mol. The van der Waals surface area contributed by atoms with Crippen LogP contribution in [-0.2, 0) is 4.79 Å². The molecule has 1 atom stereocenters. The number of hydrogen-bond donors (Lipinski definition) is 1. The first-order chi connectivity index (χ1) is 6.41. The SMILES string of the molecule is CCC[CH]C(=O)NC(CC)C(C)(C)C. The Kier molecular flexibility index (Phi) is 5.82. The van der Waals surface area contributed by atoms with Crippen LogP contribution in [0, 0.1) is 11.8 Å². The van der Waals surface area contributed by atoms with Crippen LogP contribution in [0.1, 0.15) is 53.9 Å². The molecule has 1 unspecified atom stereocenters. The molecule has 0 bridgehead atoms. The molecule has 0 aromatic carbocycles. The molecule has 1 amide bonds. The van der Waals surface area contributed by atoms with Crippen molar-refractivity contribution in [2.45, 2.75) is 59.9 Å². The zero-order valence-corrected chi connectivity index (χ0v) is 10.2. The van der Waals surface area contributed by atoms with Gasteiger partial charge in [0.25, 0.3) is 0 Å². The van der Waals surface area contributed by atoms with Gasteiger partial charge in [0.1, 0.15) is 0 Å². The summed E-state index contributed by atoms with van der Waals surface area (Å²) in [5, 5.41) is 3.05. The number of nitrogens with one attached hydrogen (secondary N) is 1. The van der Waals surface area contributed by atoms with Crippen LogP contribution < -0.4 is 5.32 Å². The third-order valence-electron chi connectivity index (χ3n) is 2.39. The molecule has 0 saturated heterocycles. The molecule has 0 aliphatic carbocycles. The van der Waals surface area contributed by atoms with Gasteiger partial charge in [0, 0.05) is 12.5 Å².